The highest BCUT2D eigenvalue weighted by Gasteiger charge is 2.29. The van der Waals surface area contributed by atoms with Crippen LogP contribution in [0.4, 0.5) is 0 Å². The van der Waals surface area contributed by atoms with Crippen molar-refractivity contribution in [3.63, 3.8) is 0 Å². The van der Waals surface area contributed by atoms with Crippen LogP contribution in [0, 0.1) is 6.92 Å². The smallest absolute Gasteiger partial charge is 0.244 e. The Kier molecular flexibility index (Phi) is 11.2. The van der Waals surface area contributed by atoms with Gasteiger partial charge >= 0.3 is 0 Å². The average molecular weight is 607 g/mol. The molecule has 1 fully saturated rings. The first-order valence-electron chi connectivity index (χ1n) is 13.2. The molecule has 40 heavy (non-hydrogen) atoms. The largest absolute Gasteiger partial charge is 0.356 e. The number of hydrogen-bond donors (Lipinski definition) is 0. The average Bonchev–Trinajstić information content (AvgIpc) is 3.34. The minimum absolute atomic E-state index is 0. The summed E-state index contributed by atoms with van der Waals surface area (Å²) in [6.07, 6.45) is 4.59. The number of aromatic nitrogens is 1. The third-order valence-electron chi connectivity index (χ3n) is 6.91. The second-order valence-corrected chi connectivity index (χ2v) is 14.1. The second kappa shape index (κ2) is 13.9. The highest BCUT2D eigenvalue weighted by Crippen LogP contribution is 2.22. The van der Waals surface area contributed by atoms with Crippen molar-refractivity contribution in [1.29, 1.82) is 0 Å². The highest BCUT2D eigenvalue weighted by atomic mass is 35.5. The molecule has 3 aromatic rings. The van der Waals surface area contributed by atoms with Gasteiger partial charge in [-0.15, -0.1) is 12.4 Å². The zero-order valence-corrected chi connectivity index (χ0v) is 25.6. The van der Waals surface area contributed by atoms with Crippen molar-refractivity contribution in [3.8, 4) is 0 Å². The molecule has 1 aliphatic heterocycles. The maximum Gasteiger partial charge on any atom is 0.244 e. The monoisotopic (exact) mass is 606 g/mol. The lowest BCUT2D eigenvalue weighted by molar-refractivity contribution is 0.238. The molecule has 218 valence electrons. The summed E-state index contributed by atoms with van der Waals surface area (Å²) in [5, 5.41) is 0. The predicted molar refractivity (Wildman–Crippen MR) is 161 cm³/mol. The van der Waals surface area contributed by atoms with Crippen LogP contribution in [0.5, 0.6) is 0 Å². The van der Waals surface area contributed by atoms with Crippen LogP contribution in [0.15, 0.2) is 95.0 Å². The molecule has 8 nitrogen and oxygen atoms in total. The second-order valence-electron chi connectivity index (χ2n) is 10.2. The number of hydrogen-bond acceptors (Lipinski definition) is 5. The summed E-state index contributed by atoms with van der Waals surface area (Å²) in [5.74, 6) is 0. The van der Waals surface area contributed by atoms with Gasteiger partial charge in [0.2, 0.25) is 20.0 Å². The maximum atomic E-state index is 13.7. The first-order chi connectivity index (χ1) is 18.6. The number of aryl methyl sites for hydroxylation is 2. The first kappa shape index (κ1) is 32.0. The third-order valence-corrected chi connectivity index (χ3v) is 10.6. The maximum absolute atomic E-state index is 13.7. The molecule has 0 bridgehead atoms. The van der Waals surface area contributed by atoms with Crippen molar-refractivity contribution < 1.29 is 16.8 Å². The quantitative estimate of drug-likeness (QED) is 0.391. The van der Waals surface area contributed by atoms with E-state index in [1.807, 2.05) is 25.1 Å². The summed E-state index contributed by atoms with van der Waals surface area (Å²) in [6, 6.07) is 18.5. The topological polar surface area (TPSA) is 82.9 Å². The lowest BCUT2D eigenvalue weighted by atomic mass is 10.2. The molecule has 1 saturated heterocycles. The zero-order valence-electron chi connectivity index (χ0n) is 23.1. The molecule has 0 amide bonds. The van der Waals surface area contributed by atoms with Gasteiger partial charge in [0.15, 0.2) is 0 Å². The van der Waals surface area contributed by atoms with Gasteiger partial charge in [0.25, 0.3) is 0 Å². The molecular weight excluding hydrogens is 568 g/mol. The number of benzene rings is 2. The molecule has 0 radical (unpaired) electrons. The van der Waals surface area contributed by atoms with E-state index in [1.165, 1.54) is 8.61 Å². The van der Waals surface area contributed by atoms with Crippen molar-refractivity contribution in [3.05, 3.63) is 96.3 Å². The van der Waals surface area contributed by atoms with Gasteiger partial charge in [0.05, 0.1) is 9.79 Å². The predicted octanol–water partition coefficient (Wildman–Crippen LogP) is 4.29. The van der Waals surface area contributed by atoms with Gasteiger partial charge in [0, 0.05) is 52.2 Å². The van der Waals surface area contributed by atoms with Gasteiger partial charge in [-0.1, -0.05) is 54.6 Å². The van der Waals surface area contributed by atoms with Gasteiger partial charge in [-0.05, 0) is 62.2 Å². The van der Waals surface area contributed by atoms with Crippen molar-refractivity contribution in [2.75, 3.05) is 39.3 Å². The van der Waals surface area contributed by atoms with Gasteiger partial charge in [-0.2, -0.15) is 8.61 Å². The molecule has 0 spiro atoms. The van der Waals surface area contributed by atoms with Crippen LogP contribution in [-0.2, 0) is 33.6 Å². The van der Waals surface area contributed by atoms with Crippen molar-refractivity contribution >= 4 is 32.5 Å². The molecule has 11 heteroatoms. The summed E-state index contributed by atoms with van der Waals surface area (Å²) in [6.45, 7) is 8.85. The third kappa shape index (κ3) is 8.05. The molecule has 1 aliphatic rings. The van der Waals surface area contributed by atoms with E-state index in [-0.39, 0.29) is 35.3 Å². The minimum Gasteiger partial charge on any atom is -0.356 e. The fourth-order valence-corrected chi connectivity index (χ4v) is 7.86. The van der Waals surface area contributed by atoms with Crippen molar-refractivity contribution in [1.82, 2.24) is 18.1 Å². The summed E-state index contributed by atoms with van der Waals surface area (Å²) in [7, 11) is -5.80. The number of sulfonamides is 2. The zero-order chi connectivity index (χ0) is 28.0. The fraction of sp³-hybridized carbons (Fsp3) is 0.379. The van der Waals surface area contributed by atoms with E-state index in [9.17, 15) is 16.8 Å². The minimum atomic E-state index is -3.80. The Morgan fingerprint density at radius 2 is 1.30 bits per heavy atom. The van der Waals surface area contributed by atoms with E-state index in [1.54, 1.807) is 54.3 Å². The Morgan fingerprint density at radius 1 is 0.750 bits per heavy atom. The summed E-state index contributed by atoms with van der Waals surface area (Å²) < 4.78 is 59.1. The standard InChI is InChI=1S/C29H38N4O4S2.ClH/c1-25-11-13-28(14-12-25)38(34,35)32-18-7-16-31(23-27-9-5-4-6-10-27)17-8-19-33(22-26(2)21-32)39(36,37)29-15-20-30(3)24-29;/h4-6,9-15,20,24H,2,7-8,16-19,21-23H2,1,3H3;1H. The van der Waals surface area contributed by atoms with E-state index in [4.69, 9.17) is 0 Å². The molecule has 1 aromatic heterocycles. The molecule has 0 unspecified atom stereocenters. The summed E-state index contributed by atoms with van der Waals surface area (Å²) in [5.41, 5.74) is 2.67. The van der Waals surface area contributed by atoms with Crippen LogP contribution in [0.2, 0.25) is 0 Å². The highest BCUT2D eigenvalue weighted by molar-refractivity contribution is 7.89. The van der Waals surface area contributed by atoms with Crippen LogP contribution in [0.25, 0.3) is 0 Å². The Labute approximate surface area is 245 Å². The Morgan fingerprint density at radius 3 is 1.82 bits per heavy atom. The van der Waals surface area contributed by atoms with Crippen molar-refractivity contribution in [2.45, 2.75) is 36.1 Å². The molecule has 0 N–H and O–H groups in total. The Balaban J connectivity index is 0.00000441. The number of nitrogens with zero attached hydrogens (tertiary/aromatic N) is 4. The van der Waals surface area contributed by atoms with Gasteiger partial charge in [0.1, 0.15) is 0 Å². The first-order valence-corrected chi connectivity index (χ1v) is 16.1. The lowest BCUT2D eigenvalue weighted by Gasteiger charge is -2.30. The Bertz CT molecular complexity index is 1470. The number of halogens is 1. The molecule has 4 rings (SSSR count). The SMILES string of the molecule is C=C1CN(S(=O)(=O)c2ccc(C)cc2)CCCN(Cc2ccccc2)CCCN(S(=O)(=O)c2ccn(C)c2)C1.Cl. The van der Waals surface area contributed by atoms with Crippen LogP contribution >= 0.6 is 12.4 Å². The van der Waals surface area contributed by atoms with E-state index in [2.05, 4.69) is 23.6 Å². The molecule has 2 aromatic carbocycles. The van der Waals surface area contributed by atoms with Gasteiger partial charge in [-0.25, -0.2) is 16.8 Å². The van der Waals surface area contributed by atoms with E-state index >= 15 is 0 Å². The molecular formula is C29H39ClN4O4S2. The van der Waals surface area contributed by atoms with Crippen LogP contribution in [0.1, 0.15) is 24.0 Å². The summed E-state index contributed by atoms with van der Waals surface area (Å²) >= 11 is 0. The van der Waals surface area contributed by atoms with E-state index < -0.39 is 20.0 Å². The number of rotatable bonds is 6. The van der Waals surface area contributed by atoms with Crippen molar-refractivity contribution in [2.24, 2.45) is 7.05 Å². The van der Waals surface area contributed by atoms with Crippen LogP contribution in [-0.4, -0.2) is 74.2 Å². The van der Waals surface area contributed by atoms with Gasteiger partial charge in [-0.3, -0.25) is 4.90 Å². The molecule has 2 heterocycles. The molecule has 0 saturated carbocycles. The summed E-state index contributed by atoms with van der Waals surface area (Å²) in [4.78, 5) is 2.72. The van der Waals surface area contributed by atoms with Gasteiger partial charge < -0.3 is 4.57 Å². The van der Waals surface area contributed by atoms with E-state index in [0.717, 1.165) is 11.1 Å². The van der Waals surface area contributed by atoms with E-state index in [0.29, 0.717) is 51.1 Å². The molecule has 0 atom stereocenters. The normalized spacial score (nSPS) is 17.5. The van der Waals surface area contributed by atoms with Crippen LogP contribution in [0.3, 0.4) is 0 Å². The van der Waals surface area contributed by atoms with Crippen LogP contribution < -0.4 is 0 Å². The molecule has 0 aliphatic carbocycles. The fourth-order valence-electron chi connectivity index (χ4n) is 4.81. The Hall–Kier alpha value is -2.47. The lowest BCUT2D eigenvalue weighted by Crippen LogP contribution is -2.41.